The van der Waals surface area contributed by atoms with Crippen LogP contribution in [0.1, 0.15) is 50.2 Å². The Morgan fingerprint density at radius 2 is 2.00 bits per heavy atom. The van der Waals surface area contributed by atoms with Crippen LogP contribution in [0.4, 0.5) is 0 Å². The van der Waals surface area contributed by atoms with E-state index in [0.717, 1.165) is 36.8 Å². The number of hydrogen-bond acceptors (Lipinski definition) is 3. The molecule has 1 saturated carbocycles. The summed E-state index contributed by atoms with van der Waals surface area (Å²) in [5.41, 5.74) is 2.10. The van der Waals surface area contributed by atoms with Crippen molar-refractivity contribution in [1.29, 1.82) is 0 Å². The number of aliphatic hydroxyl groups is 1. The predicted molar refractivity (Wildman–Crippen MR) is 85.6 cm³/mol. The highest BCUT2D eigenvalue weighted by Crippen LogP contribution is 2.25. The van der Waals surface area contributed by atoms with Crippen LogP contribution in [0.15, 0.2) is 24.3 Å². The van der Waals surface area contributed by atoms with Gasteiger partial charge in [0, 0.05) is 18.4 Å². The van der Waals surface area contributed by atoms with E-state index in [1.807, 2.05) is 31.2 Å². The van der Waals surface area contributed by atoms with Gasteiger partial charge in [-0.25, -0.2) is 0 Å². The Kier molecular flexibility index (Phi) is 5.72. The topological polar surface area (TPSA) is 66.4 Å². The van der Waals surface area contributed by atoms with Crippen LogP contribution in [0.25, 0.3) is 0 Å². The van der Waals surface area contributed by atoms with Gasteiger partial charge < -0.3 is 10.4 Å². The van der Waals surface area contributed by atoms with Gasteiger partial charge in [0.1, 0.15) is 5.78 Å². The number of carbonyl (C=O) groups excluding carboxylic acids is 2. The fourth-order valence-corrected chi connectivity index (χ4v) is 2.90. The Labute approximate surface area is 131 Å². The highest BCUT2D eigenvalue weighted by atomic mass is 16.3. The molecule has 2 N–H and O–H groups in total. The van der Waals surface area contributed by atoms with Crippen LogP contribution in [-0.4, -0.2) is 29.4 Å². The van der Waals surface area contributed by atoms with Gasteiger partial charge in [-0.05, 0) is 44.2 Å². The lowest BCUT2D eigenvalue weighted by Gasteiger charge is -2.16. The molecule has 0 heterocycles. The molecule has 0 spiro atoms. The number of carbonyl (C=O) groups is 2. The molecule has 0 bridgehead atoms. The third-order valence-corrected chi connectivity index (χ3v) is 4.45. The maximum absolute atomic E-state index is 12.1. The van der Waals surface area contributed by atoms with E-state index in [4.69, 9.17) is 5.11 Å². The van der Waals surface area contributed by atoms with E-state index in [1.165, 1.54) is 0 Å². The molecule has 4 nitrogen and oxygen atoms in total. The molecule has 1 aliphatic carbocycles. The number of aliphatic hydroxyl groups excluding tert-OH is 1. The molecule has 2 rings (SSSR count). The zero-order valence-corrected chi connectivity index (χ0v) is 13.3. The van der Waals surface area contributed by atoms with Crippen LogP contribution >= 0.6 is 0 Å². The van der Waals surface area contributed by atoms with E-state index in [1.54, 1.807) is 6.92 Å². The molecule has 0 aromatic heterocycles. The van der Waals surface area contributed by atoms with Gasteiger partial charge in [0.25, 0.3) is 0 Å². The Bertz CT molecular complexity index is 524. The van der Waals surface area contributed by atoms with Crippen molar-refractivity contribution in [2.24, 2.45) is 5.92 Å². The van der Waals surface area contributed by atoms with Crippen LogP contribution in [0.5, 0.6) is 0 Å². The molecular formula is C18H25NO3. The van der Waals surface area contributed by atoms with Crippen LogP contribution < -0.4 is 5.32 Å². The van der Waals surface area contributed by atoms with Crippen molar-refractivity contribution in [2.75, 3.05) is 6.61 Å². The first-order valence-electron chi connectivity index (χ1n) is 8.04. The van der Waals surface area contributed by atoms with Crippen molar-refractivity contribution in [2.45, 2.75) is 51.5 Å². The van der Waals surface area contributed by atoms with Gasteiger partial charge in [-0.1, -0.05) is 24.3 Å². The monoisotopic (exact) mass is 303 g/mol. The number of rotatable bonds is 6. The second-order valence-corrected chi connectivity index (χ2v) is 6.32. The van der Waals surface area contributed by atoms with Crippen molar-refractivity contribution in [3.63, 3.8) is 0 Å². The number of benzene rings is 1. The number of amides is 1. The van der Waals surface area contributed by atoms with E-state index >= 15 is 0 Å². The van der Waals surface area contributed by atoms with Gasteiger partial charge >= 0.3 is 0 Å². The van der Waals surface area contributed by atoms with Crippen LogP contribution in [0.2, 0.25) is 0 Å². The first-order valence-corrected chi connectivity index (χ1v) is 8.04. The average molecular weight is 303 g/mol. The van der Waals surface area contributed by atoms with Crippen molar-refractivity contribution in [3.05, 3.63) is 35.4 Å². The summed E-state index contributed by atoms with van der Waals surface area (Å²) < 4.78 is 0. The zero-order chi connectivity index (χ0) is 16.1. The van der Waals surface area contributed by atoms with E-state index in [9.17, 15) is 9.59 Å². The second kappa shape index (κ2) is 7.54. The summed E-state index contributed by atoms with van der Waals surface area (Å²) in [6, 6.07) is 7.72. The summed E-state index contributed by atoms with van der Waals surface area (Å²) in [5.74, 6) is 0.225. The fraction of sp³-hybridized carbons (Fsp3) is 0.556. The standard InChI is InChI=1S/C18H25NO3/c1-12(11-20)19-18(22)13(2)15-8-6-14(7-9-15)10-16-4-3-5-17(16)21/h6-9,12-13,16,20H,3-5,10-11H2,1-2H3,(H,19,22)/t12-,13+,16+/m1/s1. The van der Waals surface area contributed by atoms with Gasteiger partial charge in [-0.3, -0.25) is 9.59 Å². The molecule has 1 fully saturated rings. The molecular weight excluding hydrogens is 278 g/mol. The van der Waals surface area contributed by atoms with E-state index < -0.39 is 0 Å². The number of Topliss-reactive ketones (excluding diaryl/α,β-unsaturated/α-hetero) is 1. The third-order valence-electron chi connectivity index (χ3n) is 4.45. The van der Waals surface area contributed by atoms with E-state index in [-0.39, 0.29) is 30.4 Å². The number of hydrogen-bond donors (Lipinski definition) is 2. The summed E-state index contributed by atoms with van der Waals surface area (Å²) in [6.07, 6.45) is 3.55. The average Bonchev–Trinajstić information content (AvgIpc) is 2.92. The van der Waals surface area contributed by atoms with E-state index in [0.29, 0.717) is 5.78 Å². The minimum atomic E-state index is -0.254. The minimum absolute atomic E-state index is 0.0627. The van der Waals surface area contributed by atoms with Gasteiger partial charge in [-0.15, -0.1) is 0 Å². The molecule has 1 aromatic rings. The first-order chi connectivity index (χ1) is 10.5. The van der Waals surface area contributed by atoms with Crippen molar-refractivity contribution in [3.8, 4) is 0 Å². The smallest absolute Gasteiger partial charge is 0.227 e. The third kappa shape index (κ3) is 4.17. The SMILES string of the molecule is C[C@H](CO)NC(=O)[C@@H](C)c1ccc(C[C@@H]2CCCC2=O)cc1. The maximum Gasteiger partial charge on any atom is 0.227 e. The zero-order valence-electron chi connectivity index (χ0n) is 13.3. The lowest BCUT2D eigenvalue weighted by molar-refractivity contribution is -0.123. The molecule has 1 aliphatic rings. The Morgan fingerprint density at radius 3 is 2.55 bits per heavy atom. The largest absolute Gasteiger partial charge is 0.394 e. The summed E-state index contributed by atoms with van der Waals surface area (Å²) in [5, 5.41) is 11.8. The fourth-order valence-electron chi connectivity index (χ4n) is 2.90. The number of ketones is 1. The normalized spacial score (nSPS) is 20.7. The maximum atomic E-state index is 12.1. The molecule has 0 aliphatic heterocycles. The molecule has 1 aromatic carbocycles. The quantitative estimate of drug-likeness (QED) is 0.846. The molecule has 0 saturated heterocycles. The molecule has 3 atom stereocenters. The first kappa shape index (κ1) is 16.7. The summed E-state index contributed by atoms with van der Waals surface area (Å²) in [4.78, 5) is 23.8. The molecule has 4 heteroatoms. The van der Waals surface area contributed by atoms with Crippen molar-refractivity contribution < 1.29 is 14.7 Å². The Balaban J connectivity index is 1.96. The van der Waals surface area contributed by atoms with Gasteiger partial charge in [0.2, 0.25) is 5.91 Å². The summed E-state index contributed by atoms with van der Waals surface area (Å²) >= 11 is 0. The van der Waals surface area contributed by atoms with Gasteiger partial charge in [0.05, 0.1) is 12.5 Å². The number of nitrogens with one attached hydrogen (secondary N) is 1. The van der Waals surface area contributed by atoms with Gasteiger partial charge in [0.15, 0.2) is 0 Å². The van der Waals surface area contributed by atoms with Crippen LogP contribution in [-0.2, 0) is 16.0 Å². The van der Waals surface area contributed by atoms with Crippen LogP contribution in [0, 0.1) is 5.92 Å². The van der Waals surface area contributed by atoms with Gasteiger partial charge in [-0.2, -0.15) is 0 Å². The Morgan fingerprint density at radius 1 is 1.32 bits per heavy atom. The van der Waals surface area contributed by atoms with Crippen molar-refractivity contribution in [1.82, 2.24) is 5.32 Å². The second-order valence-electron chi connectivity index (χ2n) is 6.32. The summed E-state index contributed by atoms with van der Waals surface area (Å²) in [7, 11) is 0. The van der Waals surface area contributed by atoms with Crippen molar-refractivity contribution >= 4 is 11.7 Å². The Hall–Kier alpha value is -1.68. The molecule has 120 valence electrons. The molecule has 22 heavy (non-hydrogen) atoms. The highest BCUT2D eigenvalue weighted by molar-refractivity contribution is 5.84. The lowest BCUT2D eigenvalue weighted by atomic mass is 9.94. The van der Waals surface area contributed by atoms with Crippen LogP contribution in [0.3, 0.4) is 0 Å². The molecule has 0 radical (unpaired) electrons. The lowest BCUT2D eigenvalue weighted by Crippen LogP contribution is -2.37. The summed E-state index contributed by atoms with van der Waals surface area (Å²) in [6.45, 7) is 3.56. The van der Waals surface area contributed by atoms with E-state index in [2.05, 4.69) is 5.32 Å². The minimum Gasteiger partial charge on any atom is -0.394 e. The highest BCUT2D eigenvalue weighted by Gasteiger charge is 2.24. The predicted octanol–water partition coefficient (Wildman–Crippen LogP) is 2.20. The molecule has 0 unspecified atom stereocenters. The molecule has 1 amide bonds.